The lowest BCUT2D eigenvalue weighted by atomic mass is 9.90. The van der Waals surface area contributed by atoms with Crippen LogP contribution in [0.3, 0.4) is 0 Å². The molecule has 0 aliphatic carbocycles. The van der Waals surface area contributed by atoms with E-state index in [4.69, 9.17) is 10.2 Å². The minimum atomic E-state index is -0.666. The zero-order valence-corrected chi connectivity index (χ0v) is 32.1. The van der Waals surface area contributed by atoms with Crippen LogP contribution in [0.25, 0.3) is 0 Å². The Balaban J connectivity index is 3.69. The van der Waals surface area contributed by atoms with Crippen molar-refractivity contribution in [3.05, 3.63) is 24.3 Å². The van der Waals surface area contributed by atoms with Crippen LogP contribution >= 0.6 is 0 Å². The zero-order chi connectivity index (χ0) is 35.2. The van der Waals surface area contributed by atoms with Crippen molar-refractivity contribution in [1.82, 2.24) is 4.90 Å². The minimum absolute atomic E-state index is 0.323. The van der Waals surface area contributed by atoms with Gasteiger partial charge < -0.3 is 15.1 Å². The molecule has 0 radical (unpaired) electrons. The number of carboxylic acid groups (broad SMARTS) is 2. The molecular weight excluding hydrogens is 594 g/mol. The molecule has 0 aliphatic rings. The third-order valence-corrected chi connectivity index (χ3v) is 9.79. The summed E-state index contributed by atoms with van der Waals surface area (Å²) in [6.07, 6.45) is 49.7. The molecule has 0 saturated heterocycles. The van der Waals surface area contributed by atoms with Crippen molar-refractivity contribution in [2.75, 3.05) is 20.6 Å². The molecule has 0 bridgehead atoms. The van der Waals surface area contributed by atoms with Crippen LogP contribution in [-0.4, -0.2) is 47.7 Å². The number of carbonyl (C=O) groups is 2. The highest BCUT2D eigenvalue weighted by molar-refractivity contribution is 5.66. The molecule has 5 heteroatoms. The Hall–Kier alpha value is -1.62. The SMILES string of the molecule is CN(C)CCC[C@@H](CCCCCCCC/C=C\CCCCCCCC(=O)O)CCCCCCCCC/C=C\CCCCCCCC(=O)O. The second-order valence-electron chi connectivity index (χ2n) is 14.9. The van der Waals surface area contributed by atoms with Gasteiger partial charge in [-0.15, -0.1) is 0 Å². The summed E-state index contributed by atoms with van der Waals surface area (Å²) < 4.78 is 0. The molecule has 0 spiro atoms. The highest BCUT2D eigenvalue weighted by atomic mass is 16.4. The molecular formula is C43H81NO4. The first kappa shape index (κ1) is 46.4. The van der Waals surface area contributed by atoms with Crippen molar-refractivity contribution in [1.29, 1.82) is 0 Å². The molecule has 0 rings (SSSR count). The summed E-state index contributed by atoms with van der Waals surface area (Å²) in [5, 5.41) is 17.3. The highest BCUT2D eigenvalue weighted by Gasteiger charge is 2.09. The van der Waals surface area contributed by atoms with E-state index in [0.29, 0.717) is 12.8 Å². The number of hydrogen-bond acceptors (Lipinski definition) is 3. The molecule has 0 aromatic heterocycles. The van der Waals surface area contributed by atoms with Crippen molar-refractivity contribution >= 4 is 11.9 Å². The fraction of sp³-hybridized carbons (Fsp3) is 0.860. The van der Waals surface area contributed by atoms with E-state index in [9.17, 15) is 9.59 Å². The van der Waals surface area contributed by atoms with E-state index in [2.05, 4.69) is 43.3 Å². The minimum Gasteiger partial charge on any atom is -0.481 e. The third kappa shape index (κ3) is 40.6. The molecule has 282 valence electrons. The summed E-state index contributed by atoms with van der Waals surface area (Å²) in [7, 11) is 4.41. The molecule has 0 aromatic rings. The van der Waals surface area contributed by atoms with Crippen LogP contribution in [0, 0.1) is 5.92 Å². The van der Waals surface area contributed by atoms with Crippen molar-refractivity contribution in [2.24, 2.45) is 5.92 Å². The third-order valence-electron chi connectivity index (χ3n) is 9.79. The lowest BCUT2D eigenvalue weighted by molar-refractivity contribution is -0.138. The van der Waals surface area contributed by atoms with Gasteiger partial charge in [0.15, 0.2) is 0 Å². The Morgan fingerprint density at radius 3 is 1.00 bits per heavy atom. The number of allylic oxidation sites excluding steroid dienone is 4. The molecule has 1 atom stereocenters. The van der Waals surface area contributed by atoms with Gasteiger partial charge >= 0.3 is 11.9 Å². The Morgan fingerprint density at radius 1 is 0.417 bits per heavy atom. The first-order valence-electron chi connectivity index (χ1n) is 20.8. The van der Waals surface area contributed by atoms with E-state index in [1.807, 2.05) is 0 Å². The summed E-state index contributed by atoms with van der Waals surface area (Å²) in [4.78, 5) is 23.4. The maximum Gasteiger partial charge on any atom is 0.303 e. The van der Waals surface area contributed by atoms with Gasteiger partial charge in [-0.05, 0) is 104 Å². The molecule has 0 amide bonds. The summed E-state index contributed by atoms with van der Waals surface area (Å²) in [5.74, 6) is -0.398. The average molecular weight is 676 g/mol. The van der Waals surface area contributed by atoms with Crippen LogP contribution in [0.1, 0.15) is 212 Å². The maximum absolute atomic E-state index is 10.5. The van der Waals surface area contributed by atoms with Crippen molar-refractivity contribution in [3.63, 3.8) is 0 Å². The van der Waals surface area contributed by atoms with Gasteiger partial charge in [0.2, 0.25) is 0 Å². The number of rotatable bonds is 39. The van der Waals surface area contributed by atoms with E-state index in [0.717, 1.165) is 31.6 Å². The number of unbranched alkanes of at least 4 members (excludes halogenated alkanes) is 23. The topological polar surface area (TPSA) is 77.8 Å². The Bertz CT molecular complexity index is 747. The van der Waals surface area contributed by atoms with Gasteiger partial charge in [0.1, 0.15) is 0 Å². The molecule has 2 N–H and O–H groups in total. The first-order chi connectivity index (χ1) is 23.4. The van der Waals surface area contributed by atoms with E-state index in [-0.39, 0.29) is 0 Å². The second kappa shape index (κ2) is 38.2. The van der Waals surface area contributed by atoms with Crippen LogP contribution in [0.4, 0.5) is 0 Å². The Morgan fingerprint density at radius 2 is 0.688 bits per heavy atom. The van der Waals surface area contributed by atoms with Crippen LogP contribution in [0.2, 0.25) is 0 Å². The fourth-order valence-corrected chi connectivity index (χ4v) is 6.72. The highest BCUT2D eigenvalue weighted by Crippen LogP contribution is 2.24. The maximum atomic E-state index is 10.5. The summed E-state index contributed by atoms with van der Waals surface area (Å²) in [6, 6.07) is 0. The predicted molar refractivity (Wildman–Crippen MR) is 208 cm³/mol. The van der Waals surface area contributed by atoms with Gasteiger partial charge in [-0.25, -0.2) is 0 Å². The van der Waals surface area contributed by atoms with E-state index in [1.165, 1.54) is 180 Å². The van der Waals surface area contributed by atoms with Gasteiger partial charge in [0.25, 0.3) is 0 Å². The largest absolute Gasteiger partial charge is 0.481 e. The predicted octanol–water partition coefficient (Wildman–Crippen LogP) is 13.3. The van der Waals surface area contributed by atoms with Gasteiger partial charge in [-0.2, -0.15) is 0 Å². The van der Waals surface area contributed by atoms with Gasteiger partial charge in [0, 0.05) is 12.8 Å². The standard InChI is InChI=1S/C43H81NO4/c1-44(2)40-34-37-41(36-31-27-23-19-15-11-7-5-9-13-17-21-25-29-33-39-43(47)48)35-30-26-22-18-14-10-6-3-4-8-12-16-20-24-28-32-38-42(45)46/h4-5,8-9,41H,3,6-7,10-40H2,1-2H3,(H,45,46)(H,47,48)/b8-4-,9-5-/t41-/m1/s1. The Kier molecular flexibility index (Phi) is 36.9. The molecule has 48 heavy (non-hydrogen) atoms. The molecule has 0 aromatic carbocycles. The first-order valence-corrected chi connectivity index (χ1v) is 20.8. The summed E-state index contributed by atoms with van der Waals surface area (Å²) in [5.41, 5.74) is 0. The monoisotopic (exact) mass is 676 g/mol. The van der Waals surface area contributed by atoms with E-state index >= 15 is 0 Å². The average Bonchev–Trinajstić information content (AvgIpc) is 3.04. The molecule has 0 heterocycles. The lowest BCUT2D eigenvalue weighted by Gasteiger charge is -2.18. The van der Waals surface area contributed by atoms with Crippen LogP contribution in [0.5, 0.6) is 0 Å². The molecule has 0 unspecified atom stereocenters. The van der Waals surface area contributed by atoms with E-state index < -0.39 is 11.9 Å². The van der Waals surface area contributed by atoms with Crippen LogP contribution in [-0.2, 0) is 9.59 Å². The molecule has 0 aliphatic heterocycles. The van der Waals surface area contributed by atoms with Crippen molar-refractivity contribution < 1.29 is 19.8 Å². The lowest BCUT2D eigenvalue weighted by Crippen LogP contribution is -2.14. The molecule has 5 nitrogen and oxygen atoms in total. The second-order valence-corrected chi connectivity index (χ2v) is 14.9. The Labute approximate surface area is 298 Å². The van der Waals surface area contributed by atoms with Crippen LogP contribution in [0.15, 0.2) is 24.3 Å². The van der Waals surface area contributed by atoms with Crippen LogP contribution < -0.4 is 0 Å². The number of nitrogens with zero attached hydrogens (tertiary/aromatic N) is 1. The number of hydrogen-bond donors (Lipinski definition) is 2. The van der Waals surface area contributed by atoms with E-state index in [1.54, 1.807) is 0 Å². The fourth-order valence-electron chi connectivity index (χ4n) is 6.72. The quantitative estimate of drug-likeness (QED) is 0.0501. The van der Waals surface area contributed by atoms with Crippen molar-refractivity contribution in [3.8, 4) is 0 Å². The van der Waals surface area contributed by atoms with Gasteiger partial charge in [-0.1, -0.05) is 146 Å². The summed E-state index contributed by atoms with van der Waals surface area (Å²) in [6.45, 7) is 1.23. The van der Waals surface area contributed by atoms with Gasteiger partial charge in [-0.3, -0.25) is 9.59 Å². The number of carboxylic acids is 2. The summed E-state index contributed by atoms with van der Waals surface area (Å²) >= 11 is 0. The molecule has 0 saturated carbocycles. The normalized spacial score (nSPS) is 12.6. The van der Waals surface area contributed by atoms with Crippen molar-refractivity contribution in [2.45, 2.75) is 212 Å². The molecule has 0 fully saturated rings. The smallest absolute Gasteiger partial charge is 0.303 e. The van der Waals surface area contributed by atoms with Gasteiger partial charge in [0.05, 0.1) is 0 Å². The number of aliphatic carboxylic acids is 2. The zero-order valence-electron chi connectivity index (χ0n) is 32.1.